The molecule has 1 saturated heterocycles. The Labute approximate surface area is 173 Å². The summed E-state index contributed by atoms with van der Waals surface area (Å²) in [4.78, 5) is 27.2. The van der Waals surface area contributed by atoms with E-state index in [2.05, 4.69) is 4.98 Å². The highest BCUT2D eigenvalue weighted by Gasteiger charge is 2.38. The van der Waals surface area contributed by atoms with Crippen LogP contribution in [0.5, 0.6) is 0 Å². The normalized spacial score (nSPS) is 21.0. The quantitative estimate of drug-likeness (QED) is 0.620. The van der Waals surface area contributed by atoms with Crippen molar-refractivity contribution < 1.29 is 14.2 Å². The van der Waals surface area contributed by atoms with Crippen molar-refractivity contribution in [1.82, 2.24) is 9.55 Å². The van der Waals surface area contributed by atoms with Crippen LogP contribution >= 0.6 is 0 Å². The van der Waals surface area contributed by atoms with Gasteiger partial charge >= 0.3 is 5.69 Å². The maximum Gasteiger partial charge on any atom is 0.330 e. The Balaban J connectivity index is 1.45. The van der Waals surface area contributed by atoms with Gasteiger partial charge in [-0.05, 0) is 11.1 Å². The summed E-state index contributed by atoms with van der Waals surface area (Å²) < 4.78 is 19.0. The Morgan fingerprint density at radius 1 is 0.933 bits per heavy atom. The van der Waals surface area contributed by atoms with Gasteiger partial charge in [0.2, 0.25) is 0 Å². The Bertz CT molecular complexity index is 1020. The summed E-state index contributed by atoms with van der Waals surface area (Å²) >= 11 is 0. The van der Waals surface area contributed by atoms with Crippen molar-refractivity contribution in [3.63, 3.8) is 0 Å². The standard InChI is InChI=1S/C23H24N2O5/c26-21-11-12-24-23(27)25(21)22-20(29-15-18-9-5-2-6-10-18)13-19(30-22)16-28-14-17-7-3-1-4-8-17/h1-12,19-20,22H,13-16H2,(H,24,27). The Morgan fingerprint density at radius 2 is 1.60 bits per heavy atom. The fraction of sp³-hybridized carbons (Fsp3) is 0.304. The number of ether oxygens (including phenoxy) is 3. The molecule has 3 atom stereocenters. The number of hydrogen-bond acceptors (Lipinski definition) is 5. The van der Waals surface area contributed by atoms with Gasteiger partial charge in [-0.2, -0.15) is 0 Å². The molecule has 0 amide bonds. The van der Waals surface area contributed by atoms with Crippen LogP contribution in [0.4, 0.5) is 0 Å². The first-order valence-electron chi connectivity index (χ1n) is 9.93. The predicted molar refractivity (Wildman–Crippen MR) is 111 cm³/mol. The van der Waals surface area contributed by atoms with Crippen LogP contribution in [0.2, 0.25) is 0 Å². The maximum atomic E-state index is 12.3. The first-order chi connectivity index (χ1) is 14.7. The molecule has 1 aliphatic heterocycles. The second-order valence-electron chi connectivity index (χ2n) is 7.21. The van der Waals surface area contributed by atoms with Crippen molar-refractivity contribution >= 4 is 0 Å². The van der Waals surface area contributed by atoms with E-state index < -0.39 is 23.6 Å². The second kappa shape index (κ2) is 9.67. The molecule has 30 heavy (non-hydrogen) atoms. The molecule has 7 nitrogen and oxygen atoms in total. The lowest BCUT2D eigenvalue weighted by Crippen LogP contribution is -2.41. The molecule has 7 heteroatoms. The minimum absolute atomic E-state index is 0.286. The molecule has 0 bridgehead atoms. The number of nitrogens with one attached hydrogen (secondary N) is 1. The van der Waals surface area contributed by atoms with Gasteiger partial charge in [-0.1, -0.05) is 60.7 Å². The van der Waals surface area contributed by atoms with Gasteiger partial charge in [0.15, 0.2) is 6.23 Å². The van der Waals surface area contributed by atoms with Crippen LogP contribution in [0.25, 0.3) is 0 Å². The fourth-order valence-corrected chi connectivity index (χ4v) is 3.54. The lowest BCUT2D eigenvalue weighted by molar-refractivity contribution is -0.0853. The molecule has 0 aliphatic carbocycles. The molecule has 0 spiro atoms. The number of rotatable bonds is 8. The van der Waals surface area contributed by atoms with E-state index in [4.69, 9.17) is 14.2 Å². The minimum Gasteiger partial charge on any atom is -0.374 e. The molecular weight excluding hydrogens is 384 g/mol. The molecule has 4 rings (SSSR count). The molecule has 0 radical (unpaired) electrons. The highest BCUT2D eigenvalue weighted by molar-refractivity contribution is 5.14. The summed E-state index contributed by atoms with van der Waals surface area (Å²) in [6.07, 6.45) is 0.308. The van der Waals surface area contributed by atoms with Crippen molar-refractivity contribution in [2.75, 3.05) is 6.61 Å². The Hall–Kier alpha value is -3.00. The lowest BCUT2D eigenvalue weighted by Gasteiger charge is -2.20. The van der Waals surface area contributed by atoms with E-state index in [1.54, 1.807) is 0 Å². The van der Waals surface area contributed by atoms with E-state index in [-0.39, 0.29) is 6.10 Å². The zero-order valence-corrected chi connectivity index (χ0v) is 16.5. The molecule has 1 fully saturated rings. The largest absolute Gasteiger partial charge is 0.374 e. The van der Waals surface area contributed by atoms with Crippen molar-refractivity contribution in [2.24, 2.45) is 0 Å². The van der Waals surface area contributed by atoms with Crippen LogP contribution in [0.15, 0.2) is 82.5 Å². The summed E-state index contributed by atoms with van der Waals surface area (Å²) in [6.45, 7) is 1.17. The van der Waals surface area contributed by atoms with Gasteiger partial charge < -0.3 is 19.2 Å². The van der Waals surface area contributed by atoms with E-state index in [9.17, 15) is 9.59 Å². The first kappa shape index (κ1) is 20.3. The van der Waals surface area contributed by atoms with Gasteiger partial charge in [0.25, 0.3) is 5.56 Å². The van der Waals surface area contributed by atoms with Gasteiger partial charge in [0.1, 0.15) is 6.10 Å². The van der Waals surface area contributed by atoms with Gasteiger partial charge in [-0.3, -0.25) is 4.79 Å². The highest BCUT2D eigenvalue weighted by atomic mass is 16.6. The lowest BCUT2D eigenvalue weighted by atomic mass is 10.2. The van der Waals surface area contributed by atoms with E-state index >= 15 is 0 Å². The number of nitrogens with zero attached hydrogens (tertiary/aromatic N) is 1. The number of aromatic nitrogens is 2. The molecular formula is C23H24N2O5. The van der Waals surface area contributed by atoms with Gasteiger partial charge in [-0.25, -0.2) is 9.36 Å². The number of hydrogen-bond donors (Lipinski definition) is 1. The predicted octanol–water partition coefficient (Wildman–Crippen LogP) is 2.63. The molecule has 0 saturated carbocycles. The molecule has 1 aromatic heterocycles. The van der Waals surface area contributed by atoms with E-state index in [1.807, 2.05) is 60.7 Å². The number of H-pyrrole nitrogens is 1. The molecule has 1 N–H and O–H groups in total. The average Bonchev–Trinajstić information content (AvgIpc) is 3.16. The monoisotopic (exact) mass is 408 g/mol. The molecule has 156 valence electrons. The van der Waals surface area contributed by atoms with Crippen LogP contribution in [-0.2, 0) is 27.4 Å². The van der Waals surface area contributed by atoms with Crippen LogP contribution in [0.1, 0.15) is 23.8 Å². The molecule has 1 aliphatic rings. The van der Waals surface area contributed by atoms with Crippen LogP contribution < -0.4 is 11.2 Å². The van der Waals surface area contributed by atoms with Crippen molar-refractivity contribution in [2.45, 2.75) is 38.1 Å². The third kappa shape index (κ3) is 4.94. The van der Waals surface area contributed by atoms with Gasteiger partial charge in [-0.15, -0.1) is 0 Å². The summed E-state index contributed by atoms with van der Waals surface area (Å²) in [5.41, 5.74) is 1.13. The summed E-state index contributed by atoms with van der Waals surface area (Å²) in [7, 11) is 0. The number of aromatic amines is 1. The van der Waals surface area contributed by atoms with Crippen molar-refractivity contribution in [3.8, 4) is 0 Å². The van der Waals surface area contributed by atoms with Crippen LogP contribution in [0, 0.1) is 0 Å². The van der Waals surface area contributed by atoms with Gasteiger partial charge in [0.05, 0.1) is 25.9 Å². The zero-order valence-electron chi connectivity index (χ0n) is 16.5. The van der Waals surface area contributed by atoms with Crippen LogP contribution in [-0.4, -0.2) is 28.4 Å². The molecule has 3 unspecified atom stereocenters. The van der Waals surface area contributed by atoms with E-state index in [0.717, 1.165) is 15.7 Å². The molecule has 3 aromatic rings. The van der Waals surface area contributed by atoms with Crippen molar-refractivity contribution in [1.29, 1.82) is 0 Å². The average molecular weight is 408 g/mol. The SMILES string of the molecule is O=c1cc[nH]c(=O)n1C1OC(COCc2ccccc2)CC1OCc1ccccc1. The zero-order chi connectivity index (χ0) is 20.8. The van der Waals surface area contributed by atoms with E-state index in [0.29, 0.717) is 26.2 Å². The maximum absolute atomic E-state index is 12.3. The topological polar surface area (TPSA) is 82.6 Å². The van der Waals surface area contributed by atoms with E-state index in [1.165, 1.54) is 12.3 Å². The third-order valence-corrected chi connectivity index (χ3v) is 5.01. The third-order valence-electron chi connectivity index (χ3n) is 5.01. The minimum atomic E-state index is -0.809. The highest BCUT2D eigenvalue weighted by Crippen LogP contribution is 2.30. The fourth-order valence-electron chi connectivity index (χ4n) is 3.54. The summed E-state index contributed by atoms with van der Waals surface area (Å²) in [6, 6.07) is 20.9. The molecule has 2 heterocycles. The summed E-state index contributed by atoms with van der Waals surface area (Å²) in [5.74, 6) is 0. The Kier molecular flexibility index (Phi) is 6.53. The summed E-state index contributed by atoms with van der Waals surface area (Å²) in [5, 5.41) is 0. The van der Waals surface area contributed by atoms with Crippen LogP contribution in [0.3, 0.4) is 0 Å². The smallest absolute Gasteiger partial charge is 0.330 e. The second-order valence-corrected chi connectivity index (χ2v) is 7.21. The Morgan fingerprint density at radius 3 is 2.27 bits per heavy atom. The molecule has 2 aromatic carbocycles. The first-order valence-corrected chi connectivity index (χ1v) is 9.93. The van der Waals surface area contributed by atoms with Crippen molar-refractivity contribution in [3.05, 3.63) is 105 Å². The van der Waals surface area contributed by atoms with Gasteiger partial charge in [0, 0.05) is 18.7 Å². The number of benzene rings is 2.